The van der Waals surface area contributed by atoms with E-state index in [1.54, 1.807) is 23.9 Å². The van der Waals surface area contributed by atoms with Crippen LogP contribution in [-0.4, -0.2) is 69.7 Å². The minimum Gasteiger partial charge on any atom is -0.366 e. The Morgan fingerprint density at radius 2 is 1.74 bits per heavy atom. The number of carbonyl (C=O) groups is 1. The Bertz CT molecular complexity index is 1150. The van der Waals surface area contributed by atoms with E-state index in [1.807, 2.05) is 41.1 Å². The molecule has 1 aromatic heterocycles. The summed E-state index contributed by atoms with van der Waals surface area (Å²) in [5.74, 6) is 1.69. The molecule has 0 N–H and O–H groups in total. The monoisotopic (exact) mass is 494 g/mol. The molecule has 1 atom stereocenters. The number of piperazine rings is 1. The summed E-state index contributed by atoms with van der Waals surface area (Å²) in [6.45, 7) is 3.75. The first-order valence-corrected chi connectivity index (χ1v) is 13.2. The molecule has 0 spiro atoms. The van der Waals surface area contributed by atoms with Crippen molar-refractivity contribution in [2.45, 2.75) is 29.8 Å². The van der Waals surface area contributed by atoms with Crippen molar-refractivity contribution in [3.8, 4) is 0 Å². The molecule has 2 fully saturated rings. The molecule has 0 aliphatic carbocycles. The highest BCUT2D eigenvalue weighted by atomic mass is 32.2. The number of hydrogen-bond acceptors (Lipinski definition) is 6. The number of amides is 1. The number of hydrogen-bond donors (Lipinski definition) is 0. The number of rotatable bonds is 7. The highest BCUT2D eigenvalue weighted by molar-refractivity contribution is 7.98. The number of aromatic nitrogens is 3. The Morgan fingerprint density at radius 3 is 2.51 bits per heavy atom. The first-order valence-electron chi connectivity index (χ1n) is 12.2. The van der Waals surface area contributed by atoms with Crippen LogP contribution in [0.15, 0.2) is 59.8 Å². The van der Waals surface area contributed by atoms with E-state index in [4.69, 9.17) is 0 Å². The molecule has 2 saturated heterocycles. The lowest BCUT2D eigenvalue weighted by Crippen LogP contribution is -2.51. The molecule has 7 nitrogen and oxygen atoms in total. The summed E-state index contributed by atoms with van der Waals surface area (Å²) >= 11 is 1.68. The minimum absolute atomic E-state index is 0.0993. The van der Waals surface area contributed by atoms with Gasteiger partial charge in [-0.15, -0.1) is 10.2 Å². The van der Waals surface area contributed by atoms with Crippen LogP contribution in [0.25, 0.3) is 0 Å². The molecule has 2 aromatic carbocycles. The predicted octanol–water partition coefficient (Wildman–Crippen LogP) is 3.73. The molecule has 5 rings (SSSR count). The molecular formula is C26H31FN6OS. The van der Waals surface area contributed by atoms with Gasteiger partial charge in [0.15, 0.2) is 11.0 Å². The third-order valence-electron chi connectivity index (χ3n) is 6.90. The number of thioether (sulfide) groups is 1. The van der Waals surface area contributed by atoms with E-state index >= 15 is 0 Å². The van der Waals surface area contributed by atoms with Gasteiger partial charge in [0.2, 0.25) is 5.91 Å². The van der Waals surface area contributed by atoms with Gasteiger partial charge in [0.1, 0.15) is 5.82 Å². The van der Waals surface area contributed by atoms with Crippen molar-refractivity contribution < 1.29 is 9.18 Å². The second-order valence-corrected chi connectivity index (χ2v) is 10.1. The Balaban J connectivity index is 1.17. The normalized spacial score (nSPS) is 18.9. The number of anilines is 1. The number of nitrogens with zero attached hydrogens (tertiary/aromatic N) is 6. The topological polar surface area (TPSA) is 57.5 Å². The van der Waals surface area contributed by atoms with Gasteiger partial charge in [-0.25, -0.2) is 4.39 Å². The molecule has 3 aromatic rings. The lowest BCUT2D eigenvalue weighted by atomic mass is 10.2. The zero-order chi connectivity index (χ0) is 24.2. The highest BCUT2D eigenvalue weighted by Crippen LogP contribution is 2.32. The van der Waals surface area contributed by atoms with Crippen LogP contribution >= 0.6 is 11.8 Å². The molecule has 35 heavy (non-hydrogen) atoms. The maximum atomic E-state index is 14.1. The van der Waals surface area contributed by atoms with E-state index in [0.29, 0.717) is 38.4 Å². The van der Waals surface area contributed by atoms with Gasteiger partial charge in [0, 0.05) is 39.0 Å². The van der Waals surface area contributed by atoms with Crippen LogP contribution in [0.1, 0.15) is 30.3 Å². The molecule has 3 heterocycles. The maximum absolute atomic E-state index is 14.1. The van der Waals surface area contributed by atoms with E-state index in [0.717, 1.165) is 36.1 Å². The molecule has 0 bridgehead atoms. The third kappa shape index (κ3) is 5.36. The average Bonchev–Trinajstić information content (AvgIpc) is 3.49. The van der Waals surface area contributed by atoms with Crippen molar-refractivity contribution in [2.75, 3.05) is 44.2 Å². The Kier molecular flexibility index (Phi) is 7.34. The van der Waals surface area contributed by atoms with Gasteiger partial charge in [0.05, 0.1) is 18.3 Å². The molecule has 0 unspecified atom stereocenters. The predicted molar refractivity (Wildman–Crippen MR) is 136 cm³/mol. The van der Waals surface area contributed by atoms with Crippen LogP contribution in [0.3, 0.4) is 0 Å². The maximum Gasteiger partial charge on any atom is 0.236 e. The van der Waals surface area contributed by atoms with E-state index in [2.05, 4.69) is 31.8 Å². The van der Waals surface area contributed by atoms with Crippen LogP contribution in [0.4, 0.5) is 10.1 Å². The molecule has 0 radical (unpaired) electrons. The van der Waals surface area contributed by atoms with Crippen LogP contribution < -0.4 is 4.90 Å². The van der Waals surface area contributed by atoms with Crippen molar-refractivity contribution in [1.82, 2.24) is 24.6 Å². The van der Waals surface area contributed by atoms with Gasteiger partial charge < -0.3 is 14.4 Å². The summed E-state index contributed by atoms with van der Waals surface area (Å²) < 4.78 is 16.2. The molecule has 9 heteroatoms. The summed E-state index contributed by atoms with van der Waals surface area (Å²) in [6.07, 6.45) is 2.02. The summed E-state index contributed by atoms with van der Waals surface area (Å²) in [6, 6.07) is 17.3. The smallest absolute Gasteiger partial charge is 0.236 e. The van der Waals surface area contributed by atoms with E-state index in [-0.39, 0.29) is 17.8 Å². The van der Waals surface area contributed by atoms with Crippen LogP contribution in [-0.2, 0) is 17.6 Å². The fourth-order valence-electron chi connectivity index (χ4n) is 4.95. The average molecular weight is 495 g/mol. The molecule has 0 saturated carbocycles. The van der Waals surface area contributed by atoms with Gasteiger partial charge in [-0.05, 0) is 37.1 Å². The van der Waals surface area contributed by atoms with Gasteiger partial charge in [-0.2, -0.15) is 0 Å². The number of halogens is 1. The highest BCUT2D eigenvalue weighted by Gasteiger charge is 2.33. The van der Waals surface area contributed by atoms with Gasteiger partial charge in [0.25, 0.3) is 0 Å². The molecule has 2 aliphatic rings. The first-order chi connectivity index (χ1) is 17.1. The van der Waals surface area contributed by atoms with Crippen LogP contribution in [0.2, 0.25) is 0 Å². The Hall–Kier alpha value is -2.91. The first kappa shape index (κ1) is 23.8. The number of carbonyl (C=O) groups excluding carboxylic acids is 1. The summed E-state index contributed by atoms with van der Waals surface area (Å²) in [5.41, 5.74) is 1.87. The van der Waals surface area contributed by atoms with Crippen molar-refractivity contribution in [3.63, 3.8) is 0 Å². The molecule has 1 amide bonds. The van der Waals surface area contributed by atoms with Crippen molar-refractivity contribution in [3.05, 3.63) is 71.8 Å². The van der Waals surface area contributed by atoms with E-state index < -0.39 is 0 Å². The van der Waals surface area contributed by atoms with Gasteiger partial charge >= 0.3 is 0 Å². The van der Waals surface area contributed by atoms with Crippen molar-refractivity contribution in [1.29, 1.82) is 0 Å². The summed E-state index contributed by atoms with van der Waals surface area (Å²) in [4.78, 5) is 19.3. The molecule has 184 valence electrons. The van der Waals surface area contributed by atoms with E-state index in [9.17, 15) is 9.18 Å². The standard InChI is InChI=1S/C26H31FN6OS/c1-30-25(28-29-26(30)35-19-20-8-3-2-4-9-20)23-12-7-13-33(23)18-24(34)32-16-14-31(15-17-32)22-11-6-5-10-21(22)27/h2-6,8-11,23H,7,12-19H2,1H3/t23-/m0/s1. The number of likely N-dealkylation sites (tertiary alicyclic amines) is 1. The van der Waals surface area contributed by atoms with Crippen molar-refractivity contribution in [2.24, 2.45) is 7.05 Å². The fourth-order valence-corrected chi connectivity index (χ4v) is 5.82. The zero-order valence-electron chi connectivity index (χ0n) is 20.0. The fraction of sp³-hybridized carbons (Fsp3) is 0.423. The molecule has 2 aliphatic heterocycles. The Labute approximate surface area is 209 Å². The van der Waals surface area contributed by atoms with Crippen LogP contribution in [0.5, 0.6) is 0 Å². The summed E-state index contributed by atoms with van der Waals surface area (Å²) in [7, 11) is 2.02. The number of para-hydroxylation sites is 1. The SMILES string of the molecule is Cn1c(SCc2ccccc2)nnc1[C@@H]1CCCN1CC(=O)N1CCN(c2ccccc2F)CC1. The van der Waals surface area contributed by atoms with Crippen LogP contribution in [0, 0.1) is 5.82 Å². The van der Waals surface area contributed by atoms with Gasteiger partial charge in [-0.3, -0.25) is 9.69 Å². The summed E-state index contributed by atoms with van der Waals surface area (Å²) in [5, 5.41) is 9.85. The van der Waals surface area contributed by atoms with Crippen molar-refractivity contribution >= 4 is 23.4 Å². The lowest BCUT2D eigenvalue weighted by molar-refractivity contribution is -0.133. The molecular weight excluding hydrogens is 463 g/mol. The third-order valence-corrected chi connectivity index (χ3v) is 8.00. The van der Waals surface area contributed by atoms with Gasteiger partial charge in [-0.1, -0.05) is 54.2 Å². The van der Waals surface area contributed by atoms with E-state index in [1.165, 1.54) is 11.6 Å². The minimum atomic E-state index is -0.211. The quantitative estimate of drug-likeness (QED) is 0.467. The second kappa shape index (κ2) is 10.8. The number of benzene rings is 2. The second-order valence-electron chi connectivity index (χ2n) is 9.12. The largest absolute Gasteiger partial charge is 0.366 e. The lowest BCUT2D eigenvalue weighted by Gasteiger charge is -2.37. The Morgan fingerprint density at radius 1 is 1.00 bits per heavy atom. The zero-order valence-corrected chi connectivity index (χ0v) is 20.8.